The highest BCUT2D eigenvalue weighted by Gasteiger charge is 2.38. The minimum atomic E-state index is -0.0333. The lowest BCUT2D eigenvalue weighted by atomic mass is 9.64. The summed E-state index contributed by atoms with van der Waals surface area (Å²) in [6, 6.07) is 14.3. The van der Waals surface area contributed by atoms with E-state index in [2.05, 4.69) is 47.5 Å². The second-order valence-corrected chi connectivity index (χ2v) is 7.93. The molecule has 1 aliphatic heterocycles. The van der Waals surface area contributed by atoms with Crippen LogP contribution in [0.4, 0.5) is 0 Å². The Labute approximate surface area is 172 Å². The molecule has 0 bridgehead atoms. The number of hydrogen-bond acceptors (Lipinski definition) is 3. The molecule has 154 valence electrons. The number of amides is 1. The Hall–Kier alpha value is -2.76. The van der Waals surface area contributed by atoms with Gasteiger partial charge in [0.05, 0.1) is 12.8 Å². The Balaban J connectivity index is 1.41. The molecule has 4 rings (SSSR count). The molecule has 2 aliphatic rings. The number of nitrogens with zero attached hydrogens (tertiary/aromatic N) is 3. The summed E-state index contributed by atoms with van der Waals surface area (Å²) >= 11 is 0. The fourth-order valence-electron chi connectivity index (χ4n) is 4.26. The van der Waals surface area contributed by atoms with Crippen molar-refractivity contribution in [3.63, 3.8) is 0 Å². The Bertz CT molecular complexity index is 820. The van der Waals surface area contributed by atoms with Gasteiger partial charge in [-0.25, -0.2) is 0 Å². The molecule has 29 heavy (non-hydrogen) atoms. The summed E-state index contributed by atoms with van der Waals surface area (Å²) in [6.07, 6.45) is 5.22. The molecule has 1 aromatic heterocycles. The summed E-state index contributed by atoms with van der Waals surface area (Å²) in [6.45, 7) is 6.64. The van der Waals surface area contributed by atoms with Crippen LogP contribution in [-0.4, -0.2) is 60.9 Å². The molecule has 0 unspecified atom stereocenters. The lowest BCUT2D eigenvalue weighted by Crippen LogP contribution is -2.54. The summed E-state index contributed by atoms with van der Waals surface area (Å²) in [5.74, 6) is 1.34. The van der Waals surface area contributed by atoms with Crippen LogP contribution in [0.3, 0.4) is 0 Å². The van der Waals surface area contributed by atoms with Crippen molar-refractivity contribution in [3.8, 4) is 0 Å². The monoisotopic (exact) mass is 394 g/mol. The quantitative estimate of drug-likeness (QED) is 0.625. The third kappa shape index (κ3) is 4.16. The molecule has 0 spiro atoms. The van der Waals surface area contributed by atoms with Crippen LogP contribution in [0.2, 0.25) is 0 Å². The zero-order chi connectivity index (χ0) is 20.1. The molecule has 2 fully saturated rings. The number of carbonyl (C=O) groups is 1. The molecule has 1 aromatic carbocycles. The number of furan rings is 1. The van der Waals surface area contributed by atoms with Crippen LogP contribution >= 0.6 is 0 Å². The number of nitrogens with one attached hydrogen (secondary N) is 1. The number of piperazine rings is 1. The van der Waals surface area contributed by atoms with Gasteiger partial charge in [0.15, 0.2) is 11.7 Å². The Morgan fingerprint density at radius 3 is 2.38 bits per heavy atom. The molecular weight excluding hydrogens is 364 g/mol. The summed E-state index contributed by atoms with van der Waals surface area (Å²) in [4.78, 5) is 21.7. The van der Waals surface area contributed by atoms with Gasteiger partial charge in [-0.1, -0.05) is 36.8 Å². The Morgan fingerprint density at radius 1 is 1.07 bits per heavy atom. The van der Waals surface area contributed by atoms with Crippen molar-refractivity contribution in [1.82, 2.24) is 15.1 Å². The van der Waals surface area contributed by atoms with Crippen molar-refractivity contribution in [2.24, 2.45) is 4.99 Å². The second-order valence-electron chi connectivity index (χ2n) is 7.93. The fraction of sp³-hybridized carbons (Fsp3) is 0.478. The number of aliphatic imine (C=N–C) groups is 1. The van der Waals surface area contributed by atoms with Crippen LogP contribution < -0.4 is 5.32 Å². The maximum Gasteiger partial charge on any atom is 0.289 e. The van der Waals surface area contributed by atoms with Gasteiger partial charge in [0.1, 0.15) is 0 Å². The average Bonchev–Trinajstić information content (AvgIpc) is 3.27. The molecule has 2 heterocycles. The topological polar surface area (TPSA) is 61.1 Å². The van der Waals surface area contributed by atoms with Gasteiger partial charge in [-0.2, -0.15) is 0 Å². The van der Waals surface area contributed by atoms with Gasteiger partial charge in [-0.15, -0.1) is 0 Å². The minimum Gasteiger partial charge on any atom is -0.459 e. The molecule has 0 radical (unpaired) electrons. The highest BCUT2D eigenvalue weighted by Crippen LogP contribution is 2.43. The third-order valence-corrected chi connectivity index (χ3v) is 6.16. The van der Waals surface area contributed by atoms with Crippen LogP contribution in [0.25, 0.3) is 0 Å². The number of benzene rings is 1. The van der Waals surface area contributed by atoms with Gasteiger partial charge in [0.2, 0.25) is 0 Å². The number of rotatable bonds is 5. The highest BCUT2D eigenvalue weighted by molar-refractivity contribution is 5.91. The molecule has 6 nitrogen and oxygen atoms in total. The van der Waals surface area contributed by atoms with Gasteiger partial charge in [0, 0.05) is 38.1 Å². The predicted molar refractivity (Wildman–Crippen MR) is 114 cm³/mol. The van der Waals surface area contributed by atoms with Crippen LogP contribution in [0.5, 0.6) is 0 Å². The van der Waals surface area contributed by atoms with Crippen molar-refractivity contribution in [2.75, 3.05) is 39.3 Å². The van der Waals surface area contributed by atoms with Gasteiger partial charge in [0.25, 0.3) is 5.91 Å². The number of carbonyl (C=O) groups excluding carboxylic acids is 1. The van der Waals surface area contributed by atoms with E-state index >= 15 is 0 Å². The SMILES string of the molecule is CCNC(=NCC1(c2ccccc2)CCC1)N1CCN(C(=O)c2ccco2)CC1. The lowest BCUT2D eigenvalue weighted by Gasteiger charge is -2.42. The molecule has 1 saturated carbocycles. The summed E-state index contributed by atoms with van der Waals surface area (Å²) in [7, 11) is 0. The molecule has 1 saturated heterocycles. The second kappa shape index (κ2) is 8.72. The van der Waals surface area contributed by atoms with E-state index in [-0.39, 0.29) is 11.3 Å². The van der Waals surface area contributed by atoms with E-state index in [0.717, 1.165) is 32.1 Å². The zero-order valence-corrected chi connectivity index (χ0v) is 17.1. The van der Waals surface area contributed by atoms with Crippen molar-refractivity contribution in [1.29, 1.82) is 0 Å². The van der Waals surface area contributed by atoms with E-state index in [1.54, 1.807) is 18.4 Å². The van der Waals surface area contributed by atoms with Gasteiger partial charge < -0.3 is 19.5 Å². The fourth-order valence-corrected chi connectivity index (χ4v) is 4.26. The first kappa shape index (κ1) is 19.6. The maximum atomic E-state index is 12.5. The van der Waals surface area contributed by atoms with Crippen molar-refractivity contribution >= 4 is 11.9 Å². The van der Waals surface area contributed by atoms with E-state index in [1.165, 1.54) is 24.8 Å². The zero-order valence-electron chi connectivity index (χ0n) is 17.1. The molecule has 6 heteroatoms. The molecule has 1 aliphatic carbocycles. The molecule has 1 amide bonds. The van der Waals surface area contributed by atoms with E-state index in [9.17, 15) is 4.79 Å². The Morgan fingerprint density at radius 2 is 1.79 bits per heavy atom. The van der Waals surface area contributed by atoms with E-state index in [0.29, 0.717) is 18.8 Å². The third-order valence-electron chi connectivity index (χ3n) is 6.16. The number of hydrogen-bond donors (Lipinski definition) is 1. The summed E-state index contributed by atoms with van der Waals surface area (Å²) in [5, 5.41) is 3.45. The predicted octanol–water partition coefficient (Wildman–Crippen LogP) is 3.12. The van der Waals surface area contributed by atoms with Crippen molar-refractivity contribution in [2.45, 2.75) is 31.6 Å². The maximum absolute atomic E-state index is 12.5. The number of guanidine groups is 1. The molecule has 2 aromatic rings. The highest BCUT2D eigenvalue weighted by atomic mass is 16.3. The molecule has 0 atom stereocenters. The largest absolute Gasteiger partial charge is 0.459 e. The van der Waals surface area contributed by atoms with Crippen LogP contribution in [0.1, 0.15) is 42.3 Å². The smallest absolute Gasteiger partial charge is 0.289 e. The molecule has 1 N–H and O–H groups in total. The van der Waals surface area contributed by atoms with Gasteiger partial charge >= 0.3 is 0 Å². The standard InChI is InChI=1S/C23H30N4O2/c1-2-24-22(25-18-23(11-7-12-23)19-8-4-3-5-9-19)27-15-13-26(14-16-27)21(28)20-10-6-17-29-20/h3-6,8-10,17H,2,7,11-16,18H2,1H3,(H,24,25). The average molecular weight is 395 g/mol. The van der Waals surface area contributed by atoms with Crippen LogP contribution in [0.15, 0.2) is 58.1 Å². The molecular formula is C23H30N4O2. The normalized spacial score (nSPS) is 19.0. The minimum absolute atomic E-state index is 0.0333. The Kier molecular flexibility index (Phi) is 5.88. The van der Waals surface area contributed by atoms with Crippen LogP contribution in [-0.2, 0) is 5.41 Å². The first-order valence-electron chi connectivity index (χ1n) is 10.6. The first-order valence-corrected chi connectivity index (χ1v) is 10.6. The summed E-state index contributed by atoms with van der Waals surface area (Å²) in [5.41, 5.74) is 1.58. The van der Waals surface area contributed by atoms with Crippen molar-refractivity contribution < 1.29 is 9.21 Å². The van der Waals surface area contributed by atoms with Gasteiger partial charge in [-0.3, -0.25) is 9.79 Å². The van der Waals surface area contributed by atoms with Gasteiger partial charge in [-0.05, 0) is 37.5 Å². The van der Waals surface area contributed by atoms with Crippen LogP contribution in [0, 0.1) is 0 Å². The van der Waals surface area contributed by atoms with E-state index < -0.39 is 0 Å². The summed E-state index contributed by atoms with van der Waals surface area (Å²) < 4.78 is 5.26. The lowest BCUT2D eigenvalue weighted by molar-refractivity contribution is 0.0657. The van der Waals surface area contributed by atoms with E-state index in [1.807, 2.05) is 4.90 Å². The van der Waals surface area contributed by atoms with Crippen molar-refractivity contribution in [3.05, 3.63) is 60.1 Å². The van der Waals surface area contributed by atoms with E-state index in [4.69, 9.17) is 9.41 Å². The first-order chi connectivity index (χ1) is 14.2.